The zero-order valence-corrected chi connectivity index (χ0v) is 20.1. The van der Waals surface area contributed by atoms with Crippen molar-refractivity contribution in [1.82, 2.24) is 14.3 Å². The first-order valence-corrected chi connectivity index (χ1v) is 11.3. The summed E-state index contributed by atoms with van der Waals surface area (Å²) in [5, 5.41) is 0. The first kappa shape index (κ1) is 24.0. The van der Waals surface area contributed by atoms with Crippen LogP contribution in [0.15, 0.2) is 30.7 Å². The van der Waals surface area contributed by atoms with Crippen LogP contribution in [0.5, 0.6) is 0 Å². The van der Waals surface area contributed by atoms with Gasteiger partial charge < -0.3 is 19.6 Å². The van der Waals surface area contributed by atoms with Gasteiger partial charge in [0.2, 0.25) is 0 Å². The number of carbonyl (C=O) groups is 2. The lowest BCUT2D eigenvalue weighted by molar-refractivity contribution is -0.158. The predicted octanol–water partition coefficient (Wildman–Crippen LogP) is 3.60. The zero-order valence-electron chi connectivity index (χ0n) is 19.3. The molecule has 3 atom stereocenters. The van der Waals surface area contributed by atoms with Crippen LogP contribution in [0, 0.1) is 0 Å². The van der Waals surface area contributed by atoms with Crippen molar-refractivity contribution >= 4 is 34.9 Å². The van der Waals surface area contributed by atoms with Gasteiger partial charge in [-0.25, -0.2) is 14.6 Å². The number of aromatic nitrogens is 2. The number of rotatable bonds is 5. The Morgan fingerprint density at radius 3 is 2.72 bits per heavy atom. The van der Waals surface area contributed by atoms with E-state index in [0.29, 0.717) is 17.8 Å². The van der Waals surface area contributed by atoms with Crippen molar-refractivity contribution in [2.45, 2.75) is 76.5 Å². The molecule has 0 spiro atoms. The highest BCUT2D eigenvalue weighted by Gasteiger charge is 2.48. The van der Waals surface area contributed by atoms with Gasteiger partial charge in [-0.05, 0) is 58.6 Å². The lowest BCUT2D eigenvalue weighted by Crippen LogP contribution is -2.54. The number of carbonyl (C=O) groups excluding carboxylic acids is 2. The smallest absolute Gasteiger partial charge is 0.410 e. The van der Waals surface area contributed by atoms with E-state index in [-0.39, 0.29) is 0 Å². The average Bonchev–Trinajstić information content (AvgIpc) is 3.19. The van der Waals surface area contributed by atoms with Gasteiger partial charge in [0.05, 0.1) is 10.4 Å². The molecule has 1 fully saturated rings. The fraction of sp³-hybridized carbons (Fsp3) is 0.565. The molecule has 8 nitrogen and oxygen atoms in total. The van der Waals surface area contributed by atoms with Gasteiger partial charge in [-0.2, -0.15) is 0 Å². The van der Waals surface area contributed by atoms with E-state index in [0.717, 1.165) is 24.1 Å². The van der Waals surface area contributed by atoms with Gasteiger partial charge in [0.25, 0.3) is 0 Å². The lowest BCUT2D eigenvalue weighted by Gasteiger charge is -2.43. The number of pyridine rings is 1. The minimum atomic E-state index is -0.827. The van der Waals surface area contributed by atoms with Gasteiger partial charge in [-0.15, -0.1) is 0 Å². The Morgan fingerprint density at radius 2 is 2.06 bits per heavy atom. The molecule has 9 heteroatoms. The second-order valence-corrected chi connectivity index (χ2v) is 9.82. The molecule has 0 bridgehead atoms. The third-order valence-electron chi connectivity index (χ3n) is 6.04. The van der Waals surface area contributed by atoms with Gasteiger partial charge in [-0.3, -0.25) is 4.90 Å². The van der Waals surface area contributed by atoms with Crippen LogP contribution in [0.1, 0.15) is 58.9 Å². The van der Waals surface area contributed by atoms with E-state index in [1.165, 1.54) is 11.9 Å². The molecule has 1 amide bonds. The first-order chi connectivity index (χ1) is 15.0. The third kappa shape index (κ3) is 4.72. The summed E-state index contributed by atoms with van der Waals surface area (Å²) >= 11 is 5.54. The van der Waals surface area contributed by atoms with Gasteiger partial charge >= 0.3 is 12.1 Å². The number of nitrogens with zero attached hydrogens (tertiary/aromatic N) is 3. The molecule has 0 saturated heterocycles. The molecule has 174 valence electrons. The molecule has 0 radical (unpaired) electrons. The van der Waals surface area contributed by atoms with Gasteiger partial charge in [-0.1, -0.05) is 24.7 Å². The summed E-state index contributed by atoms with van der Waals surface area (Å²) < 4.78 is 13.3. The van der Waals surface area contributed by atoms with Crippen molar-refractivity contribution in [3.63, 3.8) is 0 Å². The van der Waals surface area contributed by atoms with E-state index < -0.39 is 35.2 Å². The molecule has 2 unspecified atom stereocenters. The summed E-state index contributed by atoms with van der Waals surface area (Å²) in [4.78, 5) is 31.3. The fourth-order valence-corrected chi connectivity index (χ4v) is 4.48. The highest BCUT2D eigenvalue weighted by molar-refractivity contribution is 7.80. The normalized spacial score (nSPS) is 22.2. The Kier molecular flexibility index (Phi) is 6.78. The number of esters is 1. The monoisotopic (exact) mass is 460 g/mol. The number of hydrogen-bond acceptors (Lipinski definition) is 6. The molecule has 2 aromatic heterocycles. The molecular weight excluding hydrogens is 428 g/mol. The molecule has 2 heterocycles. The van der Waals surface area contributed by atoms with E-state index in [4.69, 9.17) is 27.4 Å². The van der Waals surface area contributed by atoms with Crippen LogP contribution < -0.4 is 5.73 Å². The number of nitrogens with two attached hydrogens (primary N) is 1. The number of likely N-dealkylation sites (N-methyl/N-ethyl adjacent to an activating group) is 1. The quantitative estimate of drug-likeness (QED) is 0.538. The molecule has 32 heavy (non-hydrogen) atoms. The predicted molar refractivity (Wildman–Crippen MR) is 125 cm³/mol. The van der Waals surface area contributed by atoms with Crippen LogP contribution in [0.25, 0.3) is 5.65 Å². The van der Waals surface area contributed by atoms with Crippen LogP contribution in [0.2, 0.25) is 0 Å². The van der Waals surface area contributed by atoms with Gasteiger partial charge in [0, 0.05) is 25.6 Å². The van der Waals surface area contributed by atoms with Crippen LogP contribution >= 0.6 is 12.2 Å². The molecular formula is C23H32N4O4S. The van der Waals surface area contributed by atoms with E-state index >= 15 is 0 Å². The van der Waals surface area contributed by atoms with Crippen LogP contribution in [-0.4, -0.2) is 56.1 Å². The highest BCUT2D eigenvalue weighted by atomic mass is 32.1. The molecule has 1 aliphatic rings. The lowest BCUT2D eigenvalue weighted by atomic mass is 9.67. The van der Waals surface area contributed by atoms with Crippen molar-refractivity contribution in [2.75, 3.05) is 7.05 Å². The Morgan fingerprint density at radius 1 is 1.34 bits per heavy atom. The summed E-state index contributed by atoms with van der Waals surface area (Å²) in [6.07, 6.45) is 7.53. The Hall–Kier alpha value is -2.68. The number of amides is 1. The van der Waals surface area contributed by atoms with Crippen molar-refractivity contribution in [3.8, 4) is 0 Å². The summed E-state index contributed by atoms with van der Waals surface area (Å²) in [5.74, 6) is -0.519. The van der Waals surface area contributed by atoms with Crippen molar-refractivity contribution in [3.05, 3.63) is 36.3 Å². The molecule has 2 N–H and O–H groups in total. The minimum absolute atomic E-state index is 0.294. The topological polar surface area (TPSA) is 99.2 Å². The summed E-state index contributed by atoms with van der Waals surface area (Å²) in [5.41, 5.74) is 6.56. The van der Waals surface area contributed by atoms with Crippen molar-refractivity contribution < 1.29 is 19.1 Å². The maximum atomic E-state index is 13.1. The summed E-state index contributed by atoms with van der Waals surface area (Å²) in [6, 6.07) is 3.03. The molecule has 3 rings (SSSR count). The number of thiocarbonyl (C=S) groups is 1. The number of hydrogen-bond donors (Lipinski definition) is 1. The maximum Gasteiger partial charge on any atom is 0.410 e. The first-order valence-electron chi connectivity index (χ1n) is 10.8. The molecule has 1 saturated carbocycles. The second-order valence-electron chi connectivity index (χ2n) is 9.38. The molecule has 2 aromatic rings. The second kappa shape index (κ2) is 9.05. The molecule has 0 aromatic carbocycles. The number of ether oxygens (including phenoxy) is 2. The van der Waals surface area contributed by atoms with E-state index in [9.17, 15) is 9.59 Å². The van der Waals surface area contributed by atoms with Crippen molar-refractivity contribution in [2.24, 2.45) is 5.73 Å². The van der Waals surface area contributed by atoms with Crippen molar-refractivity contribution in [1.29, 1.82) is 0 Å². The highest BCUT2D eigenvalue weighted by Crippen LogP contribution is 2.42. The van der Waals surface area contributed by atoms with Gasteiger partial charge in [0.15, 0.2) is 0 Å². The Bertz CT molecular complexity index is 1010. The summed E-state index contributed by atoms with van der Waals surface area (Å²) in [6.45, 7) is 6.95. The van der Waals surface area contributed by atoms with Crippen LogP contribution in [0.4, 0.5) is 4.79 Å². The zero-order chi connectivity index (χ0) is 23.7. The van der Waals surface area contributed by atoms with Gasteiger partial charge in [0.1, 0.15) is 23.4 Å². The van der Waals surface area contributed by atoms with Crippen LogP contribution in [-0.2, 0) is 19.7 Å². The number of imidazole rings is 1. The summed E-state index contributed by atoms with van der Waals surface area (Å²) in [7, 11) is 1.52. The Labute approximate surface area is 194 Å². The van der Waals surface area contributed by atoms with Crippen LogP contribution in [0.3, 0.4) is 0 Å². The SMILES string of the molecule is C[C@@H](C(=O)OC1CCCCC1(C(N)=S)c1ccc2nccn2c1)N(C)C(=O)OC(C)(C)C. The fourth-order valence-electron chi connectivity index (χ4n) is 4.13. The van der Waals surface area contributed by atoms with E-state index in [1.807, 2.05) is 28.9 Å². The largest absolute Gasteiger partial charge is 0.459 e. The standard InChI is InChI=1S/C23H32N4O4S/c1-15(26(5)21(29)31-22(2,3)4)19(28)30-17-8-6-7-11-23(17,20(24)32)16-9-10-18-25-12-13-27(18)14-16/h9-10,12-15,17H,6-8,11H2,1-5H3,(H2,24,32)/t15-,17?,23?/m0/s1. The average molecular weight is 461 g/mol. The Balaban J connectivity index is 1.86. The van der Waals surface area contributed by atoms with E-state index in [1.54, 1.807) is 33.9 Å². The molecule has 0 aliphatic heterocycles. The molecule has 1 aliphatic carbocycles. The third-order valence-corrected chi connectivity index (χ3v) is 6.41. The number of fused-ring (bicyclic) bond motifs is 1. The minimum Gasteiger partial charge on any atom is -0.459 e. The maximum absolute atomic E-state index is 13.1. The van der Waals surface area contributed by atoms with E-state index in [2.05, 4.69) is 4.98 Å².